The molecule has 7 nitrogen and oxygen atoms in total. The number of hydrogen-bond acceptors (Lipinski definition) is 6. The summed E-state index contributed by atoms with van der Waals surface area (Å²) >= 11 is 0. The fourth-order valence-corrected chi connectivity index (χ4v) is 2.82. The van der Waals surface area contributed by atoms with E-state index in [0.29, 0.717) is 39.8 Å². The molecule has 0 aliphatic rings. The first-order valence-corrected chi connectivity index (χ1v) is 8.84. The first-order valence-electron chi connectivity index (χ1n) is 8.84. The molecule has 1 N–H and O–H groups in total. The van der Waals surface area contributed by atoms with Gasteiger partial charge in [0.25, 0.3) is 5.91 Å². The molecule has 142 valence electrons. The summed E-state index contributed by atoms with van der Waals surface area (Å²) in [6.07, 6.45) is 3.07. The van der Waals surface area contributed by atoms with Gasteiger partial charge < -0.3 is 14.5 Å². The smallest absolute Gasteiger partial charge is 0.257 e. The third kappa shape index (κ3) is 3.92. The maximum Gasteiger partial charge on any atom is 0.257 e. The largest absolute Gasteiger partial charge is 0.461 e. The van der Waals surface area contributed by atoms with E-state index in [2.05, 4.69) is 21.4 Å². The lowest BCUT2D eigenvalue weighted by Gasteiger charge is -2.10. The number of aromatic nitrogens is 2. The van der Waals surface area contributed by atoms with E-state index < -0.39 is 0 Å². The first kappa shape index (κ1) is 18.2. The number of nitrogens with one attached hydrogen (secondary N) is 1. The van der Waals surface area contributed by atoms with Crippen molar-refractivity contribution in [2.24, 2.45) is 0 Å². The molecular weight excluding hydrogens is 368 g/mol. The summed E-state index contributed by atoms with van der Waals surface area (Å²) < 4.78 is 11.7. The average molecular weight is 384 g/mol. The van der Waals surface area contributed by atoms with Crippen LogP contribution < -0.4 is 10.1 Å². The van der Waals surface area contributed by atoms with Crippen LogP contribution in [0.5, 0.6) is 11.5 Å². The number of ether oxygens (including phenoxy) is 1. The van der Waals surface area contributed by atoms with Crippen LogP contribution in [0.1, 0.15) is 27.4 Å². The van der Waals surface area contributed by atoms with Gasteiger partial charge in [0.1, 0.15) is 22.8 Å². The number of benzene rings is 2. The van der Waals surface area contributed by atoms with Crippen molar-refractivity contribution in [3.8, 4) is 17.6 Å². The third-order valence-electron chi connectivity index (χ3n) is 4.22. The number of nitrogens with zero attached hydrogens (tertiary/aromatic N) is 3. The molecule has 2 heterocycles. The molecule has 4 rings (SSSR count). The number of rotatable bonds is 4. The number of nitriles is 1. The second-order valence-corrected chi connectivity index (χ2v) is 6.48. The van der Waals surface area contributed by atoms with E-state index in [1.165, 1.54) is 6.20 Å². The fraction of sp³-hybridized carbons (Fsp3) is 0.0909. The van der Waals surface area contributed by atoms with E-state index in [4.69, 9.17) is 14.4 Å². The van der Waals surface area contributed by atoms with Crippen molar-refractivity contribution in [3.63, 3.8) is 0 Å². The minimum Gasteiger partial charge on any atom is -0.461 e. The third-order valence-corrected chi connectivity index (χ3v) is 4.22. The van der Waals surface area contributed by atoms with Gasteiger partial charge in [-0.25, -0.2) is 4.98 Å². The zero-order chi connectivity index (χ0) is 20.4. The van der Waals surface area contributed by atoms with Crippen LogP contribution in [0.2, 0.25) is 0 Å². The molecule has 1 amide bonds. The van der Waals surface area contributed by atoms with Crippen LogP contribution in [0.25, 0.3) is 11.0 Å². The minimum absolute atomic E-state index is 0.353. The number of anilines is 1. The van der Waals surface area contributed by atoms with Gasteiger partial charge >= 0.3 is 0 Å². The number of aryl methyl sites for hydroxylation is 2. The Morgan fingerprint density at radius 3 is 2.59 bits per heavy atom. The molecule has 7 heteroatoms. The Labute approximate surface area is 166 Å². The van der Waals surface area contributed by atoms with E-state index in [9.17, 15) is 4.79 Å². The summed E-state index contributed by atoms with van der Waals surface area (Å²) in [4.78, 5) is 21.0. The summed E-state index contributed by atoms with van der Waals surface area (Å²) in [5.41, 5.74) is 2.19. The van der Waals surface area contributed by atoms with Crippen LogP contribution in [0.15, 0.2) is 59.3 Å². The first-order chi connectivity index (χ1) is 14.0. The Kier molecular flexibility index (Phi) is 4.67. The Bertz CT molecular complexity index is 1240. The molecule has 0 radical (unpaired) electrons. The molecule has 29 heavy (non-hydrogen) atoms. The van der Waals surface area contributed by atoms with Crippen molar-refractivity contribution in [1.29, 1.82) is 5.26 Å². The van der Waals surface area contributed by atoms with E-state index >= 15 is 0 Å². The van der Waals surface area contributed by atoms with Crippen molar-refractivity contribution in [2.45, 2.75) is 13.8 Å². The normalized spacial score (nSPS) is 10.5. The average Bonchev–Trinajstić information content (AvgIpc) is 3.10. The van der Waals surface area contributed by atoms with Gasteiger partial charge in [-0.2, -0.15) is 5.26 Å². The quantitative estimate of drug-likeness (QED) is 0.544. The highest BCUT2D eigenvalue weighted by atomic mass is 16.5. The monoisotopic (exact) mass is 384 g/mol. The van der Waals surface area contributed by atoms with E-state index in [-0.39, 0.29) is 5.91 Å². The summed E-state index contributed by atoms with van der Waals surface area (Å²) in [5, 5.41) is 12.4. The van der Waals surface area contributed by atoms with Crippen LogP contribution >= 0.6 is 0 Å². The molecule has 0 fully saturated rings. The lowest BCUT2D eigenvalue weighted by molar-refractivity contribution is 0.102. The van der Waals surface area contributed by atoms with Gasteiger partial charge in [-0.05, 0) is 56.3 Å². The zero-order valence-electron chi connectivity index (χ0n) is 15.8. The molecule has 0 aliphatic carbocycles. The number of fused-ring (bicyclic) bond motifs is 1. The lowest BCUT2D eigenvalue weighted by Crippen LogP contribution is -2.13. The highest BCUT2D eigenvalue weighted by Gasteiger charge is 2.16. The summed E-state index contributed by atoms with van der Waals surface area (Å²) in [5.74, 6) is 1.72. The fourth-order valence-electron chi connectivity index (χ4n) is 2.82. The molecule has 0 saturated carbocycles. The van der Waals surface area contributed by atoms with Crippen LogP contribution in [-0.2, 0) is 0 Å². The van der Waals surface area contributed by atoms with Gasteiger partial charge in [-0.3, -0.25) is 9.78 Å². The van der Waals surface area contributed by atoms with Gasteiger partial charge in [-0.15, -0.1) is 0 Å². The highest BCUT2D eigenvalue weighted by Crippen LogP contribution is 2.34. The summed E-state index contributed by atoms with van der Waals surface area (Å²) in [6, 6.07) is 14.0. The van der Waals surface area contributed by atoms with Gasteiger partial charge in [0.15, 0.2) is 5.82 Å². The Morgan fingerprint density at radius 2 is 1.90 bits per heavy atom. The molecule has 2 aromatic carbocycles. The highest BCUT2D eigenvalue weighted by molar-refractivity contribution is 6.06. The van der Waals surface area contributed by atoms with E-state index in [1.54, 1.807) is 42.6 Å². The Balaban J connectivity index is 1.68. The molecule has 0 saturated heterocycles. The van der Waals surface area contributed by atoms with Crippen molar-refractivity contribution in [2.75, 3.05) is 5.32 Å². The van der Waals surface area contributed by atoms with Crippen LogP contribution in [0.4, 0.5) is 5.82 Å². The van der Waals surface area contributed by atoms with E-state index in [1.807, 2.05) is 19.9 Å². The number of furan rings is 1. The van der Waals surface area contributed by atoms with Crippen LogP contribution in [-0.4, -0.2) is 15.9 Å². The van der Waals surface area contributed by atoms with Crippen molar-refractivity contribution < 1.29 is 13.9 Å². The molecule has 0 unspecified atom stereocenters. The summed E-state index contributed by atoms with van der Waals surface area (Å²) in [6.45, 7) is 3.64. The standard InChI is InChI=1S/C22H16N4O3/c1-13-11-25-21(12-24-13)26-22(27)16-8-19-18(7-14(2)28-19)20(9-16)29-17-5-3-15(10-23)4-6-17/h3-9,11-12H,1-2H3,(H,25,26,27). The number of amides is 1. The second kappa shape index (κ2) is 7.44. The molecule has 2 aromatic heterocycles. The number of carbonyl (C=O) groups is 1. The SMILES string of the molecule is Cc1cnc(NC(=O)c2cc(Oc3ccc(C#N)cc3)c3cc(C)oc3c2)cn1. The van der Waals surface area contributed by atoms with Gasteiger partial charge in [0.05, 0.1) is 35.1 Å². The number of carbonyl (C=O) groups excluding carboxylic acids is 1. The van der Waals surface area contributed by atoms with Crippen molar-refractivity contribution in [1.82, 2.24) is 9.97 Å². The molecular formula is C22H16N4O3. The molecule has 0 bridgehead atoms. The van der Waals surface area contributed by atoms with Crippen molar-refractivity contribution in [3.05, 3.63) is 77.4 Å². The predicted molar refractivity (Wildman–Crippen MR) is 107 cm³/mol. The number of hydrogen-bond donors (Lipinski definition) is 1. The van der Waals surface area contributed by atoms with Gasteiger partial charge in [-0.1, -0.05) is 0 Å². The maximum absolute atomic E-state index is 12.7. The van der Waals surface area contributed by atoms with Crippen LogP contribution in [0, 0.1) is 25.2 Å². The topological polar surface area (TPSA) is 101 Å². The molecule has 0 spiro atoms. The van der Waals surface area contributed by atoms with Gasteiger partial charge in [0, 0.05) is 5.56 Å². The predicted octanol–water partition coefficient (Wildman–Crippen LogP) is 4.76. The lowest BCUT2D eigenvalue weighted by atomic mass is 10.1. The van der Waals surface area contributed by atoms with Crippen molar-refractivity contribution >= 4 is 22.7 Å². The molecule has 0 aliphatic heterocycles. The zero-order valence-corrected chi connectivity index (χ0v) is 15.8. The minimum atomic E-state index is -0.358. The summed E-state index contributed by atoms with van der Waals surface area (Å²) in [7, 11) is 0. The molecule has 0 atom stereocenters. The second-order valence-electron chi connectivity index (χ2n) is 6.48. The Morgan fingerprint density at radius 1 is 1.10 bits per heavy atom. The van der Waals surface area contributed by atoms with Crippen LogP contribution in [0.3, 0.4) is 0 Å². The molecule has 4 aromatic rings. The Hall–Kier alpha value is -4.18. The maximum atomic E-state index is 12.7. The van der Waals surface area contributed by atoms with Gasteiger partial charge in [0.2, 0.25) is 0 Å². The van der Waals surface area contributed by atoms with E-state index in [0.717, 1.165) is 11.1 Å².